The zero-order chi connectivity index (χ0) is 18.5. The van der Waals surface area contributed by atoms with E-state index in [1.54, 1.807) is 0 Å². The molecule has 4 nitrogen and oxygen atoms in total. The Balaban J connectivity index is 1.74. The van der Waals surface area contributed by atoms with Crippen LogP contribution in [0.3, 0.4) is 0 Å². The lowest BCUT2D eigenvalue weighted by Gasteiger charge is -2.08. The highest BCUT2D eigenvalue weighted by Crippen LogP contribution is 2.37. The van der Waals surface area contributed by atoms with Crippen LogP contribution in [0.25, 0.3) is 33.8 Å². The van der Waals surface area contributed by atoms with E-state index in [4.69, 9.17) is 0 Å². The molecule has 2 heterocycles. The number of aromatic amines is 2. The van der Waals surface area contributed by atoms with Gasteiger partial charge in [0.2, 0.25) is 0 Å². The van der Waals surface area contributed by atoms with Crippen LogP contribution in [0.5, 0.6) is 0 Å². The average Bonchev–Trinajstić information content (AvgIpc) is 3.20. The van der Waals surface area contributed by atoms with Gasteiger partial charge in [-0.15, -0.1) is 0 Å². The van der Waals surface area contributed by atoms with E-state index in [0.717, 1.165) is 22.9 Å². The number of halogens is 4. The Hall–Kier alpha value is -2.61. The summed E-state index contributed by atoms with van der Waals surface area (Å²) in [4.78, 5) is 7.29. The largest absolute Gasteiger partial charge is 0.417 e. The predicted octanol–water partition coefficient (Wildman–Crippen LogP) is 5.71. The van der Waals surface area contributed by atoms with Gasteiger partial charge in [0.15, 0.2) is 5.82 Å². The van der Waals surface area contributed by atoms with E-state index < -0.39 is 11.7 Å². The highest BCUT2D eigenvalue weighted by Gasteiger charge is 2.33. The molecular formula is C18H12BrF3N4. The van der Waals surface area contributed by atoms with E-state index in [-0.39, 0.29) is 4.47 Å². The summed E-state index contributed by atoms with van der Waals surface area (Å²) in [6, 6.07) is 12.1. The molecule has 0 bridgehead atoms. The Kier molecular flexibility index (Phi) is 3.87. The van der Waals surface area contributed by atoms with Crippen LogP contribution in [0.2, 0.25) is 0 Å². The second kappa shape index (κ2) is 5.98. The van der Waals surface area contributed by atoms with E-state index >= 15 is 0 Å². The van der Waals surface area contributed by atoms with E-state index in [9.17, 15) is 13.2 Å². The number of aryl methyl sites for hydroxylation is 1. The summed E-state index contributed by atoms with van der Waals surface area (Å²) in [6.07, 6.45) is -4.44. The zero-order valence-electron chi connectivity index (χ0n) is 13.4. The lowest BCUT2D eigenvalue weighted by atomic mass is 10.1. The second-order valence-electron chi connectivity index (χ2n) is 5.97. The highest BCUT2D eigenvalue weighted by atomic mass is 79.9. The molecular weight excluding hydrogens is 409 g/mol. The van der Waals surface area contributed by atoms with Crippen LogP contribution in [-0.2, 0) is 6.18 Å². The SMILES string of the molecule is Cc1ccc(-c2cc(-c3nc4cc(Br)c(C(F)(F)F)cc4[nH]3)[nH]n2)cc1. The molecule has 0 saturated carbocycles. The molecule has 132 valence electrons. The van der Waals surface area contributed by atoms with Crippen LogP contribution in [0.15, 0.2) is 46.9 Å². The van der Waals surface area contributed by atoms with Crippen LogP contribution in [0.1, 0.15) is 11.1 Å². The predicted molar refractivity (Wildman–Crippen MR) is 96.6 cm³/mol. The third-order valence-electron chi connectivity index (χ3n) is 4.06. The molecule has 4 rings (SSSR count). The molecule has 0 spiro atoms. The maximum absolute atomic E-state index is 13.0. The molecule has 26 heavy (non-hydrogen) atoms. The average molecular weight is 421 g/mol. The quantitative estimate of drug-likeness (QED) is 0.436. The first-order valence-electron chi connectivity index (χ1n) is 7.70. The van der Waals surface area contributed by atoms with Gasteiger partial charge >= 0.3 is 6.18 Å². The Bertz CT molecular complexity index is 1090. The number of hydrogen-bond acceptors (Lipinski definition) is 2. The number of aromatic nitrogens is 4. The van der Waals surface area contributed by atoms with Crippen molar-refractivity contribution in [3.63, 3.8) is 0 Å². The summed E-state index contributed by atoms with van der Waals surface area (Å²) in [5.41, 5.74) is 3.42. The normalized spacial score (nSPS) is 12.0. The van der Waals surface area contributed by atoms with Crippen molar-refractivity contribution in [2.45, 2.75) is 13.1 Å². The smallest absolute Gasteiger partial charge is 0.337 e. The molecule has 0 aliphatic heterocycles. The fraction of sp³-hybridized carbons (Fsp3) is 0.111. The molecule has 2 N–H and O–H groups in total. The third kappa shape index (κ3) is 3.01. The van der Waals surface area contributed by atoms with Crippen molar-refractivity contribution >= 4 is 27.0 Å². The number of H-pyrrole nitrogens is 2. The molecule has 2 aromatic carbocycles. The number of hydrogen-bond donors (Lipinski definition) is 2. The van der Waals surface area contributed by atoms with Crippen molar-refractivity contribution in [2.24, 2.45) is 0 Å². The van der Waals surface area contributed by atoms with Crippen LogP contribution < -0.4 is 0 Å². The molecule has 0 radical (unpaired) electrons. The molecule has 4 aromatic rings. The number of alkyl halides is 3. The minimum absolute atomic E-state index is 0.0412. The van der Waals surface area contributed by atoms with Gasteiger partial charge in [-0.25, -0.2) is 4.98 Å². The molecule has 0 saturated heterocycles. The molecule has 0 aliphatic rings. The van der Waals surface area contributed by atoms with Gasteiger partial charge in [-0.3, -0.25) is 5.10 Å². The van der Waals surface area contributed by atoms with Crippen molar-refractivity contribution in [3.05, 3.63) is 58.1 Å². The number of nitrogens with one attached hydrogen (secondary N) is 2. The number of imidazole rings is 1. The van der Waals surface area contributed by atoms with Gasteiger partial charge in [0, 0.05) is 10.0 Å². The summed E-state index contributed by atoms with van der Waals surface area (Å²) < 4.78 is 39.1. The molecule has 2 aromatic heterocycles. The Morgan fingerprint density at radius 2 is 1.77 bits per heavy atom. The van der Waals surface area contributed by atoms with Crippen molar-refractivity contribution < 1.29 is 13.2 Å². The monoisotopic (exact) mass is 420 g/mol. The molecule has 8 heteroatoms. The molecule has 0 fully saturated rings. The first-order chi connectivity index (χ1) is 12.3. The minimum Gasteiger partial charge on any atom is -0.337 e. The number of fused-ring (bicyclic) bond motifs is 1. The van der Waals surface area contributed by atoms with Gasteiger partial charge < -0.3 is 4.98 Å². The first-order valence-corrected chi connectivity index (χ1v) is 8.50. The van der Waals surface area contributed by atoms with E-state index in [1.165, 1.54) is 6.07 Å². The van der Waals surface area contributed by atoms with E-state index in [2.05, 4.69) is 36.1 Å². The fourth-order valence-electron chi connectivity index (χ4n) is 2.69. The van der Waals surface area contributed by atoms with Crippen LogP contribution in [0, 0.1) is 6.92 Å². The van der Waals surface area contributed by atoms with Gasteiger partial charge in [-0.1, -0.05) is 45.8 Å². The maximum atomic E-state index is 13.0. The van der Waals surface area contributed by atoms with E-state index in [0.29, 0.717) is 22.6 Å². The fourth-order valence-corrected chi connectivity index (χ4v) is 3.25. The third-order valence-corrected chi connectivity index (χ3v) is 4.71. The van der Waals surface area contributed by atoms with Crippen molar-refractivity contribution in [1.82, 2.24) is 20.2 Å². The van der Waals surface area contributed by atoms with Gasteiger partial charge in [0.05, 0.1) is 22.3 Å². The lowest BCUT2D eigenvalue weighted by Crippen LogP contribution is -2.05. The van der Waals surface area contributed by atoms with Gasteiger partial charge in [0.25, 0.3) is 0 Å². The number of benzene rings is 2. The van der Waals surface area contributed by atoms with Crippen molar-refractivity contribution in [2.75, 3.05) is 0 Å². The second-order valence-corrected chi connectivity index (χ2v) is 6.82. The van der Waals surface area contributed by atoms with Crippen molar-refractivity contribution in [1.29, 1.82) is 0 Å². The minimum atomic E-state index is -4.44. The zero-order valence-corrected chi connectivity index (χ0v) is 15.0. The standard InChI is InChI=1S/C18H12BrF3N4/c1-9-2-4-10(5-3-9)13-8-16(26-25-13)17-23-14-6-11(18(20,21)22)12(19)7-15(14)24-17/h2-8H,1H3,(H,23,24)(H,25,26). The molecule has 0 aliphatic carbocycles. The summed E-state index contributed by atoms with van der Waals surface area (Å²) in [7, 11) is 0. The Morgan fingerprint density at radius 3 is 2.46 bits per heavy atom. The summed E-state index contributed by atoms with van der Waals surface area (Å²) in [5, 5.41) is 7.14. The molecule has 0 unspecified atom stereocenters. The number of rotatable bonds is 2. The van der Waals surface area contributed by atoms with Gasteiger partial charge in [0.1, 0.15) is 5.69 Å². The molecule has 0 atom stereocenters. The Labute approximate surface area is 154 Å². The van der Waals surface area contributed by atoms with Crippen LogP contribution in [-0.4, -0.2) is 20.2 Å². The maximum Gasteiger partial charge on any atom is 0.417 e. The van der Waals surface area contributed by atoms with Crippen LogP contribution in [0.4, 0.5) is 13.2 Å². The van der Waals surface area contributed by atoms with Gasteiger partial charge in [-0.05, 0) is 25.1 Å². The highest BCUT2D eigenvalue weighted by molar-refractivity contribution is 9.10. The molecule has 0 amide bonds. The van der Waals surface area contributed by atoms with E-state index in [1.807, 2.05) is 37.3 Å². The number of nitrogens with zero attached hydrogens (tertiary/aromatic N) is 2. The topological polar surface area (TPSA) is 57.4 Å². The first kappa shape index (κ1) is 16.8. The van der Waals surface area contributed by atoms with Crippen LogP contribution >= 0.6 is 15.9 Å². The van der Waals surface area contributed by atoms with Gasteiger partial charge in [-0.2, -0.15) is 18.3 Å². The lowest BCUT2D eigenvalue weighted by molar-refractivity contribution is -0.138. The summed E-state index contributed by atoms with van der Waals surface area (Å²) in [5.74, 6) is 0.428. The van der Waals surface area contributed by atoms with Crippen molar-refractivity contribution in [3.8, 4) is 22.8 Å². The summed E-state index contributed by atoms with van der Waals surface area (Å²) in [6.45, 7) is 2.00. The Morgan fingerprint density at radius 1 is 1.04 bits per heavy atom. The summed E-state index contributed by atoms with van der Waals surface area (Å²) >= 11 is 2.97.